The average molecular weight is 539 g/mol. The van der Waals surface area contributed by atoms with E-state index >= 15 is 0 Å². The van der Waals surface area contributed by atoms with Gasteiger partial charge in [0.2, 0.25) is 0 Å². The molecule has 2 aromatic heterocycles. The molecule has 0 saturated carbocycles. The summed E-state index contributed by atoms with van der Waals surface area (Å²) in [6.07, 6.45) is 6.70. The number of aryl methyl sites for hydroxylation is 1. The van der Waals surface area contributed by atoms with Crippen LogP contribution in [0.15, 0.2) is 96.4 Å². The lowest BCUT2D eigenvalue weighted by Gasteiger charge is -2.20. The molecule has 202 valence electrons. The maximum atomic E-state index is 13.1. The third kappa shape index (κ3) is 8.10. The van der Waals surface area contributed by atoms with Gasteiger partial charge in [0.05, 0.1) is 0 Å². The van der Waals surface area contributed by atoms with E-state index in [1.807, 2.05) is 79.5 Å². The van der Waals surface area contributed by atoms with E-state index in [0.29, 0.717) is 24.2 Å². The lowest BCUT2D eigenvalue weighted by molar-refractivity contribution is -0.671. The smallest absolute Gasteiger partial charge is 0.387 e. The molecular formula is C30H28F4N3O2+. The van der Waals surface area contributed by atoms with Crippen molar-refractivity contribution in [1.29, 1.82) is 0 Å². The lowest BCUT2D eigenvalue weighted by atomic mass is 9.86. The van der Waals surface area contributed by atoms with Gasteiger partial charge in [-0.15, -0.1) is 0 Å². The van der Waals surface area contributed by atoms with Crippen LogP contribution < -0.4 is 14.0 Å². The van der Waals surface area contributed by atoms with Gasteiger partial charge in [-0.05, 0) is 53.8 Å². The largest absolute Gasteiger partial charge is 0.431 e. The minimum absolute atomic E-state index is 0.339. The SMILES string of the molecule is CC(Cc1ccccc1)=Nc1ccc(C(Cc2cc[n+](C)cc2)c2ccc(OC(F)F)c(OC(F)F)c2)cn1. The molecule has 0 radical (unpaired) electrons. The molecule has 1 atom stereocenters. The first-order chi connectivity index (χ1) is 18.8. The number of ether oxygens (including phenoxy) is 2. The highest BCUT2D eigenvalue weighted by molar-refractivity contribution is 5.86. The molecular weight excluding hydrogens is 510 g/mol. The summed E-state index contributed by atoms with van der Waals surface area (Å²) in [6.45, 7) is -4.45. The average Bonchev–Trinajstić information content (AvgIpc) is 2.90. The second kappa shape index (κ2) is 13.0. The van der Waals surface area contributed by atoms with Crippen LogP contribution in [0.4, 0.5) is 23.4 Å². The van der Waals surface area contributed by atoms with Gasteiger partial charge in [-0.25, -0.2) is 14.5 Å². The molecule has 0 aliphatic rings. The van der Waals surface area contributed by atoms with Crippen molar-refractivity contribution in [2.75, 3.05) is 0 Å². The molecule has 0 amide bonds. The van der Waals surface area contributed by atoms with Crippen molar-refractivity contribution in [3.8, 4) is 11.5 Å². The Hall–Kier alpha value is -4.27. The molecule has 5 nitrogen and oxygen atoms in total. The Morgan fingerprint density at radius 2 is 1.49 bits per heavy atom. The maximum Gasteiger partial charge on any atom is 0.387 e. The van der Waals surface area contributed by atoms with Crippen LogP contribution in [-0.2, 0) is 19.9 Å². The minimum Gasteiger partial charge on any atom is -0.431 e. The highest BCUT2D eigenvalue weighted by Crippen LogP contribution is 2.37. The van der Waals surface area contributed by atoms with E-state index in [2.05, 4.69) is 19.5 Å². The predicted molar refractivity (Wildman–Crippen MR) is 140 cm³/mol. The summed E-state index contributed by atoms with van der Waals surface area (Å²) in [5, 5.41) is 0. The molecule has 0 saturated heterocycles. The topological polar surface area (TPSA) is 47.6 Å². The summed E-state index contributed by atoms with van der Waals surface area (Å²) in [4.78, 5) is 9.14. The van der Waals surface area contributed by atoms with Crippen LogP contribution in [0.1, 0.15) is 35.1 Å². The Morgan fingerprint density at radius 3 is 2.13 bits per heavy atom. The lowest BCUT2D eigenvalue weighted by Crippen LogP contribution is -2.26. The van der Waals surface area contributed by atoms with E-state index in [9.17, 15) is 17.6 Å². The van der Waals surface area contributed by atoms with Crippen LogP contribution in [0.25, 0.3) is 0 Å². The summed E-state index contributed by atoms with van der Waals surface area (Å²) in [6, 6.07) is 21.7. The zero-order valence-electron chi connectivity index (χ0n) is 21.5. The Kier molecular flexibility index (Phi) is 9.25. The molecule has 2 heterocycles. The molecule has 0 aliphatic heterocycles. The van der Waals surface area contributed by atoms with Crippen LogP contribution in [-0.4, -0.2) is 23.9 Å². The number of alkyl halides is 4. The number of benzene rings is 2. The van der Waals surface area contributed by atoms with E-state index in [-0.39, 0.29) is 5.92 Å². The van der Waals surface area contributed by atoms with Crippen molar-refractivity contribution in [3.05, 3.63) is 114 Å². The maximum absolute atomic E-state index is 13.1. The number of aromatic nitrogens is 2. The van der Waals surface area contributed by atoms with Gasteiger partial charge >= 0.3 is 13.2 Å². The first kappa shape index (κ1) is 27.8. The zero-order valence-corrected chi connectivity index (χ0v) is 21.5. The number of pyridine rings is 2. The van der Waals surface area contributed by atoms with Gasteiger partial charge in [0.25, 0.3) is 0 Å². The molecule has 0 fully saturated rings. The predicted octanol–water partition coefficient (Wildman–Crippen LogP) is 6.82. The number of hydrogen-bond donors (Lipinski definition) is 0. The minimum atomic E-state index is -3.20. The van der Waals surface area contributed by atoms with Crippen LogP contribution in [0.3, 0.4) is 0 Å². The monoisotopic (exact) mass is 538 g/mol. The van der Waals surface area contributed by atoms with Gasteiger partial charge in [-0.3, -0.25) is 0 Å². The molecule has 9 heteroatoms. The van der Waals surface area contributed by atoms with Crippen LogP contribution in [0.5, 0.6) is 11.5 Å². The van der Waals surface area contributed by atoms with Gasteiger partial charge in [-0.1, -0.05) is 42.5 Å². The van der Waals surface area contributed by atoms with Gasteiger partial charge < -0.3 is 9.47 Å². The second-order valence-electron chi connectivity index (χ2n) is 9.05. The molecule has 1 unspecified atom stereocenters. The number of aliphatic imine (C=N–C) groups is 1. The Morgan fingerprint density at radius 1 is 0.821 bits per heavy atom. The highest BCUT2D eigenvalue weighted by Gasteiger charge is 2.21. The Labute approximate surface area is 224 Å². The van der Waals surface area contributed by atoms with Crippen molar-refractivity contribution >= 4 is 11.5 Å². The third-order valence-electron chi connectivity index (χ3n) is 6.07. The van der Waals surface area contributed by atoms with Crippen LogP contribution in [0.2, 0.25) is 0 Å². The quantitative estimate of drug-likeness (QED) is 0.120. The molecule has 2 aromatic carbocycles. The normalized spacial score (nSPS) is 12.6. The molecule has 0 N–H and O–H groups in total. The van der Waals surface area contributed by atoms with Crippen molar-refractivity contribution in [2.24, 2.45) is 12.0 Å². The fraction of sp³-hybridized carbons (Fsp3) is 0.233. The van der Waals surface area contributed by atoms with Crippen molar-refractivity contribution in [3.63, 3.8) is 0 Å². The van der Waals surface area contributed by atoms with Gasteiger partial charge in [-0.2, -0.15) is 17.6 Å². The second-order valence-corrected chi connectivity index (χ2v) is 9.05. The summed E-state index contributed by atoms with van der Waals surface area (Å²) < 4.78 is 62.7. The summed E-state index contributed by atoms with van der Waals surface area (Å²) in [5.74, 6) is -0.719. The van der Waals surface area contributed by atoms with Crippen molar-refractivity contribution in [1.82, 2.24) is 4.98 Å². The standard InChI is InChI=1S/C30H28F4N3O2/c1-20(16-21-6-4-3-5-7-21)36-28-11-9-24(19-35-28)25(17-22-12-14-37(2)15-13-22)23-8-10-26(38-29(31)32)27(18-23)39-30(33)34/h3-15,18-19,25,29-30H,16-17H2,1-2H3/q+1. The van der Waals surface area contributed by atoms with Gasteiger partial charge in [0.1, 0.15) is 7.05 Å². The van der Waals surface area contributed by atoms with Crippen molar-refractivity contribution < 1.29 is 31.6 Å². The zero-order chi connectivity index (χ0) is 27.8. The van der Waals surface area contributed by atoms with Gasteiger partial charge in [0.15, 0.2) is 29.7 Å². The molecule has 39 heavy (non-hydrogen) atoms. The highest BCUT2D eigenvalue weighted by atomic mass is 19.3. The molecule has 0 aliphatic carbocycles. The van der Waals surface area contributed by atoms with E-state index in [0.717, 1.165) is 22.4 Å². The van der Waals surface area contributed by atoms with Crippen LogP contribution >= 0.6 is 0 Å². The number of hydrogen-bond acceptors (Lipinski definition) is 4. The first-order valence-electron chi connectivity index (χ1n) is 12.3. The number of nitrogens with zero attached hydrogens (tertiary/aromatic N) is 3. The first-order valence-corrected chi connectivity index (χ1v) is 12.3. The van der Waals surface area contributed by atoms with Crippen LogP contribution in [0, 0.1) is 0 Å². The van der Waals surface area contributed by atoms with E-state index in [1.165, 1.54) is 12.1 Å². The summed E-state index contributed by atoms with van der Waals surface area (Å²) in [5.41, 5.74) is 4.42. The Balaban J connectivity index is 1.66. The fourth-order valence-electron chi connectivity index (χ4n) is 4.25. The van der Waals surface area contributed by atoms with Gasteiger partial charge in [0, 0.05) is 36.4 Å². The van der Waals surface area contributed by atoms with E-state index < -0.39 is 24.7 Å². The number of halogens is 4. The molecule has 0 spiro atoms. The molecule has 0 bridgehead atoms. The third-order valence-corrected chi connectivity index (χ3v) is 6.07. The summed E-state index contributed by atoms with van der Waals surface area (Å²) >= 11 is 0. The van der Waals surface area contributed by atoms with E-state index in [1.54, 1.807) is 18.3 Å². The molecule has 4 aromatic rings. The van der Waals surface area contributed by atoms with E-state index in [4.69, 9.17) is 0 Å². The Bertz CT molecular complexity index is 1380. The number of rotatable bonds is 11. The van der Waals surface area contributed by atoms with Crippen molar-refractivity contribution in [2.45, 2.75) is 38.9 Å². The molecule has 4 rings (SSSR count). The summed E-state index contributed by atoms with van der Waals surface area (Å²) in [7, 11) is 1.90. The fourth-order valence-corrected chi connectivity index (χ4v) is 4.25.